The number of aromatic nitrogens is 2. The number of hydrogen-bond acceptors (Lipinski definition) is 2. The molecule has 1 fully saturated rings. The van der Waals surface area contributed by atoms with Gasteiger partial charge in [-0.2, -0.15) is 0 Å². The van der Waals surface area contributed by atoms with Gasteiger partial charge in [0.2, 0.25) is 0 Å². The van der Waals surface area contributed by atoms with E-state index in [-0.39, 0.29) is 17.8 Å². The van der Waals surface area contributed by atoms with E-state index in [9.17, 15) is 4.39 Å². The minimum Gasteiger partial charge on any atom is -0.327 e. The van der Waals surface area contributed by atoms with Crippen LogP contribution in [0.3, 0.4) is 0 Å². The van der Waals surface area contributed by atoms with Crippen LogP contribution in [-0.2, 0) is 0 Å². The first-order valence-corrected chi connectivity index (χ1v) is 6.51. The molecule has 1 aromatic heterocycles. The van der Waals surface area contributed by atoms with Crippen molar-refractivity contribution in [3.05, 3.63) is 29.8 Å². The number of nitrogens with zero attached hydrogens (tertiary/aromatic N) is 2. The molecule has 3 rings (SSSR count). The third kappa shape index (κ3) is 1.81. The van der Waals surface area contributed by atoms with Gasteiger partial charge < -0.3 is 10.3 Å². The predicted molar refractivity (Wildman–Crippen MR) is 70.0 cm³/mol. The summed E-state index contributed by atoms with van der Waals surface area (Å²) in [5.41, 5.74) is 7.75. The van der Waals surface area contributed by atoms with Crippen LogP contribution in [0.1, 0.15) is 44.5 Å². The quantitative estimate of drug-likeness (QED) is 0.906. The Morgan fingerprint density at radius 2 is 2.11 bits per heavy atom. The second-order valence-electron chi connectivity index (χ2n) is 5.35. The highest BCUT2D eigenvalue weighted by atomic mass is 19.1. The first-order chi connectivity index (χ1) is 8.58. The summed E-state index contributed by atoms with van der Waals surface area (Å²) in [6, 6.07) is 5.41. The molecule has 1 heterocycles. The molecule has 3 nitrogen and oxygen atoms in total. The number of halogens is 1. The third-order valence-electron chi connectivity index (χ3n) is 3.79. The van der Waals surface area contributed by atoms with Crippen LogP contribution in [0.4, 0.5) is 4.39 Å². The molecule has 1 aliphatic carbocycles. The zero-order chi connectivity index (χ0) is 12.9. The Morgan fingerprint density at radius 3 is 2.72 bits per heavy atom. The molecule has 2 atom stereocenters. The summed E-state index contributed by atoms with van der Waals surface area (Å²) in [5, 5.41) is 0. The molecule has 1 aliphatic rings. The molecule has 1 saturated carbocycles. The monoisotopic (exact) mass is 247 g/mol. The van der Waals surface area contributed by atoms with E-state index >= 15 is 0 Å². The molecule has 96 valence electrons. The van der Waals surface area contributed by atoms with Crippen molar-refractivity contribution in [1.29, 1.82) is 0 Å². The average Bonchev–Trinajstić information content (AvgIpc) is 3.09. The summed E-state index contributed by atoms with van der Waals surface area (Å²) >= 11 is 0. The molecule has 2 N–H and O–H groups in total. The summed E-state index contributed by atoms with van der Waals surface area (Å²) in [4.78, 5) is 4.60. The van der Waals surface area contributed by atoms with Gasteiger partial charge in [0, 0.05) is 24.1 Å². The Balaban J connectivity index is 2.20. The van der Waals surface area contributed by atoms with E-state index in [2.05, 4.69) is 16.5 Å². The second-order valence-corrected chi connectivity index (χ2v) is 5.35. The van der Waals surface area contributed by atoms with E-state index in [0.29, 0.717) is 6.04 Å². The van der Waals surface area contributed by atoms with Gasteiger partial charge in [0.25, 0.3) is 0 Å². The van der Waals surface area contributed by atoms with Gasteiger partial charge in [0.05, 0.1) is 11.0 Å². The van der Waals surface area contributed by atoms with E-state index in [0.717, 1.165) is 16.9 Å². The summed E-state index contributed by atoms with van der Waals surface area (Å²) in [5.74, 6) is 0.942. The van der Waals surface area contributed by atoms with Gasteiger partial charge in [0.15, 0.2) is 0 Å². The lowest BCUT2D eigenvalue weighted by atomic mass is 10.0. The molecule has 0 saturated heterocycles. The Morgan fingerprint density at radius 1 is 1.39 bits per heavy atom. The topological polar surface area (TPSA) is 43.8 Å². The SMILES string of the molecule is CC(N)C(C)c1nc2cc(F)ccc2n1C1CC1. The van der Waals surface area contributed by atoms with Crippen LogP contribution >= 0.6 is 0 Å². The molecule has 1 aromatic carbocycles. The minimum atomic E-state index is -0.233. The van der Waals surface area contributed by atoms with E-state index in [4.69, 9.17) is 5.73 Å². The third-order valence-corrected chi connectivity index (χ3v) is 3.79. The van der Waals surface area contributed by atoms with E-state index < -0.39 is 0 Å². The number of nitrogens with two attached hydrogens (primary N) is 1. The lowest BCUT2D eigenvalue weighted by Crippen LogP contribution is -2.25. The van der Waals surface area contributed by atoms with Crippen molar-refractivity contribution < 1.29 is 4.39 Å². The maximum Gasteiger partial charge on any atom is 0.125 e. The number of rotatable bonds is 3. The smallest absolute Gasteiger partial charge is 0.125 e. The van der Waals surface area contributed by atoms with Gasteiger partial charge in [-0.3, -0.25) is 0 Å². The molecule has 0 aliphatic heterocycles. The van der Waals surface area contributed by atoms with Gasteiger partial charge in [-0.25, -0.2) is 9.37 Å². The Bertz CT molecular complexity index is 584. The number of benzene rings is 1. The van der Waals surface area contributed by atoms with Gasteiger partial charge in [-0.1, -0.05) is 6.92 Å². The van der Waals surface area contributed by atoms with Crippen molar-refractivity contribution >= 4 is 11.0 Å². The highest BCUT2D eigenvalue weighted by Gasteiger charge is 2.30. The predicted octanol–water partition coefficient (Wildman–Crippen LogP) is 2.96. The molecule has 0 bridgehead atoms. The lowest BCUT2D eigenvalue weighted by molar-refractivity contribution is 0.547. The average molecular weight is 247 g/mol. The molecule has 2 aromatic rings. The van der Waals surface area contributed by atoms with Crippen LogP contribution in [-0.4, -0.2) is 15.6 Å². The fourth-order valence-electron chi connectivity index (χ4n) is 2.36. The molecule has 0 amide bonds. The largest absolute Gasteiger partial charge is 0.327 e. The van der Waals surface area contributed by atoms with Gasteiger partial charge in [-0.15, -0.1) is 0 Å². The van der Waals surface area contributed by atoms with Gasteiger partial charge in [0.1, 0.15) is 11.6 Å². The van der Waals surface area contributed by atoms with Crippen molar-refractivity contribution in [3.8, 4) is 0 Å². The van der Waals surface area contributed by atoms with Gasteiger partial charge >= 0.3 is 0 Å². The molecule has 4 heteroatoms. The fraction of sp³-hybridized carbons (Fsp3) is 0.500. The van der Waals surface area contributed by atoms with Crippen molar-refractivity contribution in [3.63, 3.8) is 0 Å². The van der Waals surface area contributed by atoms with Crippen molar-refractivity contribution in [2.45, 2.75) is 44.7 Å². The minimum absolute atomic E-state index is 0.0455. The summed E-state index contributed by atoms with van der Waals surface area (Å²) < 4.78 is 15.5. The van der Waals surface area contributed by atoms with Crippen LogP contribution in [0.15, 0.2) is 18.2 Å². The molecule has 18 heavy (non-hydrogen) atoms. The zero-order valence-corrected chi connectivity index (χ0v) is 10.7. The standard InChI is InChI=1S/C14H18FN3/c1-8(9(2)16)14-17-12-7-10(15)3-6-13(12)18(14)11-4-5-11/h3,6-9,11H,4-5,16H2,1-2H3. The maximum absolute atomic E-state index is 13.3. The number of imidazole rings is 1. The summed E-state index contributed by atoms with van der Waals surface area (Å²) in [6.45, 7) is 4.07. The van der Waals surface area contributed by atoms with Crippen LogP contribution < -0.4 is 5.73 Å². The molecule has 0 spiro atoms. The Kier molecular flexibility index (Phi) is 2.63. The molecular formula is C14H18FN3. The molecule has 2 unspecified atom stereocenters. The van der Waals surface area contributed by atoms with Gasteiger partial charge in [-0.05, 0) is 31.9 Å². The van der Waals surface area contributed by atoms with Crippen LogP contribution in [0.5, 0.6) is 0 Å². The summed E-state index contributed by atoms with van der Waals surface area (Å²) in [7, 11) is 0. The Hall–Kier alpha value is -1.42. The highest BCUT2D eigenvalue weighted by Crippen LogP contribution is 2.40. The first kappa shape index (κ1) is 11.7. The lowest BCUT2D eigenvalue weighted by Gasteiger charge is -2.17. The maximum atomic E-state index is 13.3. The van der Waals surface area contributed by atoms with E-state index in [1.807, 2.05) is 13.0 Å². The van der Waals surface area contributed by atoms with Crippen LogP contribution in [0, 0.1) is 5.82 Å². The molecular weight excluding hydrogens is 229 g/mol. The highest BCUT2D eigenvalue weighted by molar-refractivity contribution is 5.76. The molecule has 0 radical (unpaired) electrons. The van der Waals surface area contributed by atoms with Crippen LogP contribution in [0.25, 0.3) is 11.0 Å². The normalized spacial score (nSPS) is 19.1. The number of fused-ring (bicyclic) bond motifs is 1. The number of hydrogen-bond donors (Lipinski definition) is 1. The van der Waals surface area contributed by atoms with E-state index in [1.165, 1.54) is 25.0 Å². The fourth-order valence-corrected chi connectivity index (χ4v) is 2.36. The Labute approximate surface area is 106 Å². The van der Waals surface area contributed by atoms with E-state index in [1.54, 1.807) is 0 Å². The van der Waals surface area contributed by atoms with Crippen molar-refractivity contribution in [1.82, 2.24) is 9.55 Å². The van der Waals surface area contributed by atoms with Crippen LogP contribution in [0.2, 0.25) is 0 Å². The van der Waals surface area contributed by atoms with Crippen molar-refractivity contribution in [2.75, 3.05) is 0 Å². The zero-order valence-electron chi connectivity index (χ0n) is 10.7. The second kappa shape index (κ2) is 4.05. The summed E-state index contributed by atoms with van der Waals surface area (Å²) in [6.07, 6.45) is 2.36. The first-order valence-electron chi connectivity index (χ1n) is 6.51. The van der Waals surface area contributed by atoms with Crippen molar-refractivity contribution in [2.24, 2.45) is 5.73 Å².